The van der Waals surface area contributed by atoms with E-state index in [9.17, 15) is 4.79 Å². The summed E-state index contributed by atoms with van der Waals surface area (Å²) in [5.74, 6) is 0.00926. The van der Waals surface area contributed by atoms with Gasteiger partial charge in [0.2, 0.25) is 5.78 Å². The lowest BCUT2D eigenvalue weighted by atomic mass is 10.1. The molecule has 0 spiro atoms. The minimum atomic E-state index is 0.00926. The first-order chi connectivity index (χ1) is 4.88. The van der Waals surface area contributed by atoms with Gasteiger partial charge in [0.15, 0.2) is 0 Å². The van der Waals surface area contributed by atoms with Crippen molar-refractivity contribution in [2.24, 2.45) is 4.99 Å². The molecule has 0 saturated heterocycles. The van der Waals surface area contributed by atoms with Crippen LogP contribution in [0.15, 0.2) is 11.2 Å². The van der Waals surface area contributed by atoms with Crippen LogP contribution < -0.4 is 0 Å². The van der Waals surface area contributed by atoms with Gasteiger partial charge in [0.25, 0.3) is 0 Å². The molecule has 4 nitrogen and oxygen atoms in total. The SMILES string of the molecule is O=C1CN=Cc2cn[nH]c21. The van der Waals surface area contributed by atoms with Gasteiger partial charge < -0.3 is 0 Å². The Bertz CT molecular complexity index is 300. The second-order valence-electron chi connectivity index (χ2n) is 2.09. The van der Waals surface area contributed by atoms with Crippen LogP contribution in [0.4, 0.5) is 0 Å². The van der Waals surface area contributed by atoms with E-state index < -0.39 is 0 Å². The van der Waals surface area contributed by atoms with E-state index in [4.69, 9.17) is 0 Å². The normalized spacial score (nSPS) is 15.4. The van der Waals surface area contributed by atoms with Gasteiger partial charge in [0.05, 0.1) is 6.20 Å². The van der Waals surface area contributed by atoms with Crippen LogP contribution in [0.2, 0.25) is 0 Å². The zero-order valence-electron chi connectivity index (χ0n) is 5.16. The maximum atomic E-state index is 11.0. The first-order valence-corrected chi connectivity index (χ1v) is 2.94. The molecule has 0 bridgehead atoms. The summed E-state index contributed by atoms with van der Waals surface area (Å²) < 4.78 is 0. The maximum Gasteiger partial charge on any atom is 0.202 e. The standard InChI is InChI=1S/C6H5N3O/c10-5-3-7-1-4-2-8-9-6(4)5/h1-2H,3H2,(H,8,9). The summed E-state index contributed by atoms with van der Waals surface area (Å²) in [6, 6.07) is 0. The van der Waals surface area contributed by atoms with E-state index >= 15 is 0 Å². The summed E-state index contributed by atoms with van der Waals surface area (Å²) in [7, 11) is 0. The van der Waals surface area contributed by atoms with Gasteiger partial charge in [-0.15, -0.1) is 0 Å². The Hall–Kier alpha value is -1.45. The van der Waals surface area contributed by atoms with E-state index in [1.54, 1.807) is 12.4 Å². The molecule has 1 N–H and O–H groups in total. The summed E-state index contributed by atoms with van der Waals surface area (Å²) in [6.45, 7) is 0.245. The Labute approximate surface area is 57.0 Å². The van der Waals surface area contributed by atoms with Crippen molar-refractivity contribution < 1.29 is 4.79 Å². The number of aromatic nitrogens is 2. The second kappa shape index (κ2) is 1.76. The third-order valence-electron chi connectivity index (χ3n) is 1.41. The van der Waals surface area contributed by atoms with Crippen molar-refractivity contribution in [3.8, 4) is 0 Å². The summed E-state index contributed by atoms with van der Waals surface area (Å²) in [5.41, 5.74) is 1.37. The Morgan fingerprint density at radius 2 is 2.50 bits per heavy atom. The molecule has 10 heavy (non-hydrogen) atoms. The summed E-state index contributed by atoms with van der Waals surface area (Å²) >= 11 is 0. The molecule has 0 fully saturated rings. The number of nitrogens with one attached hydrogen (secondary N) is 1. The first kappa shape index (κ1) is 5.34. The molecule has 0 atom stereocenters. The van der Waals surface area contributed by atoms with E-state index in [0.29, 0.717) is 5.69 Å². The number of aliphatic imine (C=N–C) groups is 1. The number of carbonyl (C=O) groups is 1. The van der Waals surface area contributed by atoms with Crippen molar-refractivity contribution in [2.45, 2.75) is 0 Å². The molecule has 0 unspecified atom stereocenters. The molecule has 2 rings (SSSR count). The number of Topliss-reactive ketones (excluding diaryl/α,β-unsaturated/α-hetero) is 1. The summed E-state index contributed by atoms with van der Waals surface area (Å²) in [5, 5.41) is 6.33. The third kappa shape index (κ3) is 0.586. The summed E-state index contributed by atoms with van der Waals surface area (Å²) in [4.78, 5) is 14.8. The molecule has 1 aliphatic heterocycles. The Morgan fingerprint density at radius 1 is 1.60 bits per heavy atom. The van der Waals surface area contributed by atoms with Gasteiger partial charge in [-0.2, -0.15) is 5.10 Å². The predicted octanol–water partition coefficient (Wildman–Crippen LogP) is 0.0249. The van der Waals surface area contributed by atoms with Gasteiger partial charge in [0, 0.05) is 11.8 Å². The molecule has 4 heteroatoms. The number of H-pyrrole nitrogens is 1. The number of hydrogen-bond donors (Lipinski definition) is 1. The topological polar surface area (TPSA) is 58.1 Å². The van der Waals surface area contributed by atoms with Crippen molar-refractivity contribution in [1.82, 2.24) is 10.2 Å². The highest BCUT2D eigenvalue weighted by Gasteiger charge is 2.14. The molecule has 50 valence electrons. The highest BCUT2D eigenvalue weighted by Crippen LogP contribution is 2.06. The fraction of sp³-hybridized carbons (Fsp3) is 0.167. The lowest BCUT2D eigenvalue weighted by molar-refractivity contribution is 0.0996. The van der Waals surface area contributed by atoms with Crippen molar-refractivity contribution in [3.05, 3.63) is 17.5 Å². The molecule has 1 aromatic rings. The maximum absolute atomic E-state index is 11.0. The highest BCUT2D eigenvalue weighted by atomic mass is 16.1. The van der Waals surface area contributed by atoms with Crippen molar-refractivity contribution in [2.75, 3.05) is 6.54 Å². The van der Waals surface area contributed by atoms with Gasteiger partial charge in [-0.1, -0.05) is 0 Å². The lowest BCUT2D eigenvalue weighted by Gasteiger charge is -1.99. The van der Waals surface area contributed by atoms with E-state index in [1.807, 2.05) is 0 Å². The number of fused-ring (bicyclic) bond motifs is 1. The fourth-order valence-electron chi connectivity index (χ4n) is 0.923. The highest BCUT2D eigenvalue weighted by molar-refractivity contribution is 6.06. The van der Waals surface area contributed by atoms with Crippen LogP contribution in [-0.4, -0.2) is 28.7 Å². The van der Waals surface area contributed by atoms with Gasteiger partial charge in [0.1, 0.15) is 12.2 Å². The van der Waals surface area contributed by atoms with Crippen LogP contribution in [0.3, 0.4) is 0 Å². The minimum Gasteiger partial charge on any atom is -0.290 e. The van der Waals surface area contributed by atoms with Gasteiger partial charge >= 0.3 is 0 Å². The van der Waals surface area contributed by atoms with Gasteiger partial charge in [-0.25, -0.2) is 0 Å². The number of carbonyl (C=O) groups excluding carboxylic acids is 1. The quantitative estimate of drug-likeness (QED) is 0.545. The smallest absolute Gasteiger partial charge is 0.202 e. The van der Waals surface area contributed by atoms with E-state index in [0.717, 1.165) is 5.56 Å². The number of hydrogen-bond acceptors (Lipinski definition) is 3. The van der Waals surface area contributed by atoms with E-state index in [2.05, 4.69) is 15.2 Å². The third-order valence-corrected chi connectivity index (χ3v) is 1.41. The number of aromatic amines is 1. The van der Waals surface area contributed by atoms with Crippen LogP contribution in [0.25, 0.3) is 0 Å². The van der Waals surface area contributed by atoms with Crippen molar-refractivity contribution in [3.63, 3.8) is 0 Å². The fourth-order valence-corrected chi connectivity index (χ4v) is 0.923. The van der Waals surface area contributed by atoms with Crippen LogP contribution >= 0.6 is 0 Å². The predicted molar refractivity (Wildman–Crippen MR) is 35.4 cm³/mol. The Balaban J connectivity index is 2.62. The molecule has 1 aliphatic rings. The summed E-state index contributed by atoms with van der Waals surface area (Å²) in [6.07, 6.45) is 3.25. The average Bonchev–Trinajstić information content (AvgIpc) is 2.36. The van der Waals surface area contributed by atoms with Gasteiger partial charge in [-0.05, 0) is 0 Å². The monoisotopic (exact) mass is 135 g/mol. The van der Waals surface area contributed by atoms with Gasteiger partial charge in [-0.3, -0.25) is 14.9 Å². The molecular formula is C6H5N3O. The number of nitrogens with zero attached hydrogens (tertiary/aromatic N) is 2. The van der Waals surface area contributed by atoms with Crippen LogP contribution in [0.5, 0.6) is 0 Å². The van der Waals surface area contributed by atoms with Crippen LogP contribution in [0, 0.1) is 0 Å². The van der Waals surface area contributed by atoms with Crippen molar-refractivity contribution >= 4 is 12.0 Å². The number of rotatable bonds is 0. The van der Waals surface area contributed by atoms with Crippen LogP contribution in [0.1, 0.15) is 16.1 Å². The molecule has 0 aromatic carbocycles. The molecule has 0 aliphatic carbocycles. The molecule has 0 saturated carbocycles. The zero-order valence-corrected chi connectivity index (χ0v) is 5.16. The Kier molecular flexibility index (Phi) is 0.943. The number of ketones is 1. The molecule has 2 heterocycles. The largest absolute Gasteiger partial charge is 0.290 e. The molecule has 0 radical (unpaired) electrons. The van der Waals surface area contributed by atoms with Crippen LogP contribution in [-0.2, 0) is 0 Å². The lowest BCUT2D eigenvalue weighted by Crippen LogP contribution is -2.11. The zero-order chi connectivity index (χ0) is 6.97. The van der Waals surface area contributed by atoms with E-state index in [1.165, 1.54) is 0 Å². The first-order valence-electron chi connectivity index (χ1n) is 2.94. The van der Waals surface area contributed by atoms with E-state index in [-0.39, 0.29) is 12.3 Å². The minimum absolute atomic E-state index is 0.00926. The molecule has 0 amide bonds. The average molecular weight is 135 g/mol. The second-order valence-corrected chi connectivity index (χ2v) is 2.09. The molecule has 1 aromatic heterocycles. The van der Waals surface area contributed by atoms with Crippen molar-refractivity contribution in [1.29, 1.82) is 0 Å². The Morgan fingerprint density at radius 3 is 3.30 bits per heavy atom. The molecular weight excluding hydrogens is 130 g/mol.